The summed E-state index contributed by atoms with van der Waals surface area (Å²) in [5.41, 5.74) is -0.0749. The third kappa shape index (κ3) is 3.65. The second-order valence-corrected chi connectivity index (χ2v) is 6.74. The molecule has 0 bridgehead atoms. The first-order valence-corrected chi connectivity index (χ1v) is 7.47. The number of carbonyl (C=O) groups excluding carboxylic acids is 1. The van der Waals surface area contributed by atoms with E-state index in [4.69, 9.17) is 14.0 Å². The minimum absolute atomic E-state index is 0.0574. The number of carbonyl (C=O) groups is 1. The third-order valence-electron chi connectivity index (χ3n) is 3.92. The van der Waals surface area contributed by atoms with Crippen molar-refractivity contribution in [3.8, 4) is 0 Å². The van der Waals surface area contributed by atoms with Gasteiger partial charge in [-0.15, -0.1) is 0 Å². The fourth-order valence-electron chi connectivity index (χ4n) is 1.99. The Labute approximate surface area is 131 Å². The van der Waals surface area contributed by atoms with Gasteiger partial charge in [0, 0.05) is 17.9 Å². The molecule has 0 aliphatic carbocycles. The van der Waals surface area contributed by atoms with Gasteiger partial charge in [0.15, 0.2) is 0 Å². The molecule has 2 rings (SSSR count). The lowest BCUT2D eigenvalue weighted by atomic mass is 9.81. The van der Waals surface area contributed by atoms with Gasteiger partial charge in [-0.1, -0.05) is 0 Å². The number of esters is 1. The van der Waals surface area contributed by atoms with Gasteiger partial charge in [0.25, 0.3) is 0 Å². The number of aromatic nitrogens is 2. The van der Waals surface area contributed by atoms with Crippen molar-refractivity contribution in [2.24, 2.45) is 0 Å². The maximum Gasteiger partial charge on any atom is 0.498 e. The highest BCUT2D eigenvalue weighted by molar-refractivity contribution is 6.61. The minimum atomic E-state index is -0.498. The molecule has 7 heteroatoms. The summed E-state index contributed by atoms with van der Waals surface area (Å²) in [6.07, 6.45) is 3.18. The Hall–Kier alpha value is -1.47. The highest BCUT2D eigenvalue weighted by Crippen LogP contribution is 2.36. The van der Waals surface area contributed by atoms with Gasteiger partial charge in [-0.05, 0) is 41.5 Å². The quantitative estimate of drug-likeness (QED) is 0.616. The summed E-state index contributed by atoms with van der Waals surface area (Å²) in [6.45, 7) is 11.6. The van der Waals surface area contributed by atoms with E-state index in [0.717, 1.165) is 5.46 Å². The first kappa shape index (κ1) is 16.9. The lowest BCUT2D eigenvalue weighted by Crippen LogP contribution is -2.41. The van der Waals surface area contributed by atoms with E-state index < -0.39 is 18.3 Å². The van der Waals surface area contributed by atoms with Crippen molar-refractivity contribution in [1.82, 2.24) is 9.97 Å². The van der Waals surface area contributed by atoms with Crippen LogP contribution in [0.1, 0.15) is 47.4 Å². The largest absolute Gasteiger partial charge is 0.498 e. The van der Waals surface area contributed by atoms with Crippen molar-refractivity contribution in [3.05, 3.63) is 18.2 Å². The van der Waals surface area contributed by atoms with Crippen LogP contribution in [-0.2, 0) is 25.3 Å². The molecule has 0 N–H and O–H groups in total. The molecule has 0 spiro atoms. The SMILES string of the molecule is CC(C)OC(=O)Cc1ncc(B2OC(C)(C)C(C)(C)O2)cn1. The fourth-order valence-corrected chi connectivity index (χ4v) is 1.99. The highest BCUT2D eigenvalue weighted by atomic mass is 16.7. The van der Waals surface area contributed by atoms with Crippen molar-refractivity contribution in [1.29, 1.82) is 0 Å². The summed E-state index contributed by atoms with van der Waals surface area (Å²) in [6, 6.07) is 0. The standard InChI is InChI=1S/C15H23BN2O4/c1-10(2)20-13(19)7-12-17-8-11(9-18-12)16-21-14(3,4)15(5,6)22-16/h8-10H,7H2,1-6H3. The Kier molecular flexibility index (Phi) is 4.58. The van der Waals surface area contributed by atoms with Crippen molar-refractivity contribution in [2.75, 3.05) is 0 Å². The highest BCUT2D eigenvalue weighted by Gasteiger charge is 2.51. The second-order valence-electron chi connectivity index (χ2n) is 6.74. The molecule has 0 radical (unpaired) electrons. The number of hydrogen-bond acceptors (Lipinski definition) is 6. The van der Waals surface area contributed by atoms with Crippen LogP contribution in [0.2, 0.25) is 0 Å². The summed E-state index contributed by atoms with van der Waals surface area (Å²) >= 11 is 0. The molecule has 2 heterocycles. The van der Waals surface area contributed by atoms with Gasteiger partial charge >= 0.3 is 13.1 Å². The molecule has 1 saturated heterocycles. The summed E-state index contributed by atoms with van der Waals surface area (Å²) in [5.74, 6) is 0.0873. The van der Waals surface area contributed by atoms with Crippen molar-refractivity contribution < 1.29 is 18.8 Å². The zero-order valence-corrected chi connectivity index (χ0v) is 14.0. The van der Waals surface area contributed by atoms with E-state index in [1.165, 1.54) is 0 Å². The number of nitrogens with zero attached hydrogens (tertiary/aromatic N) is 2. The van der Waals surface area contributed by atoms with E-state index in [-0.39, 0.29) is 18.5 Å². The van der Waals surface area contributed by atoms with E-state index in [9.17, 15) is 4.79 Å². The molecule has 0 amide bonds. The molecule has 0 saturated carbocycles. The minimum Gasteiger partial charge on any atom is -0.463 e. The number of rotatable bonds is 4. The molecule has 120 valence electrons. The van der Waals surface area contributed by atoms with Crippen LogP contribution in [0.5, 0.6) is 0 Å². The van der Waals surface area contributed by atoms with Crippen LogP contribution in [-0.4, -0.2) is 40.4 Å². The Bertz CT molecular complexity index is 527. The molecule has 1 aliphatic heterocycles. The first-order valence-electron chi connectivity index (χ1n) is 7.47. The fraction of sp³-hybridized carbons (Fsp3) is 0.667. The van der Waals surface area contributed by atoms with Crippen LogP contribution in [0.15, 0.2) is 12.4 Å². The van der Waals surface area contributed by atoms with Crippen LogP contribution < -0.4 is 5.46 Å². The molecule has 1 aromatic rings. The monoisotopic (exact) mass is 306 g/mol. The topological polar surface area (TPSA) is 70.5 Å². The predicted molar refractivity (Wildman–Crippen MR) is 82.7 cm³/mol. The molecule has 6 nitrogen and oxygen atoms in total. The van der Waals surface area contributed by atoms with Crippen molar-refractivity contribution in [3.63, 3.8) is 0 Å². The molecule has 1 aromatic heterocycles. The average Bonchev–Trinajstić information content (AvgIpc) is 2.58. The lowest BCUT2D eigenvalue weighted by molar-refractivity contribution is -0.146. The molecule has 22 heavy (non-hydrogen) atoms. The summed E-state index contributed by atoms with van der Waals surface area (Å²) in [4.78, 5) is 20.0. The first-order chi connectivity index (χ1) is 10.1. The van der Waals surface area contributed by atoms with Gasteiger partial charge in [-0.3, -0.25) is 4.79 Å². The van der Waals surface area contributed by atoms with Gasteiger partial charge in [0.05, 0.1) is 17.3 Å². The Morgan fingerprint density at radius 3 is 2.14 bits per heavy atom. The van der Waals surface area contributed by atoms with Crippen molar-refractivity contribution in [2.45, 2.75) is 65.3 Å². The summed E-state index contributed by atoms with van der Waals surface area (Å²) in [7, 11) is -0.498. The zero-order valence-electron chi connectivity index (χ0n) is 14.0. The molecular formula is C15H23BN2O4. The van der Waals surface area contributed by atoms with Crippen LogP contribution >= 0.6 is 0 Å². The Morgan fingerprint density at radius 1 is 1.18 bits per heavy atom. The Balaban J connectivity index is 2.03. The van der Waals surface area contributed by atoms with Gasteiger partial charge in [0.1, 0.15) is 12.2 Å². The van der Waals surface area contributed by atoms with E-state index in [2.05, 4.69) is 9.97 Å². The van der Waals surface area contributed by atoms with Crippen LogP contribution in [0.4, 0.5) is 0 Å². The van der Waals surface area contributed by atoms with Crippen LogP contribution in [0.25, 0.3) is 0 Å². The van der Waals surface area contributed by atoms with Gasteiger partial charge in [0.2, 0.25) is 0 Å². The molecule has 1 aliphatic rings. The maximum absolute atomic E-state index is 11.6. The normalized spacial score (nSPS) is 19.5. The summed E-state index contributed by atoms with van der Waals surface area (Å²) < 4.78 is 16.9. The molecule has 0 aromatic carbocycles. The van der Waals surface area contributed by atoms with E-state index in [0.29, 0.717) is 5.82 Å². The number of hydrogen-bond donors (Lipinski definition) is 0. The smallest absolute Gasteiger partial charge is 0.463 e. The maximum atomic E-state index is 11.6. The second kappa shape index (κ2) is 5.97. The average molecular weight is 306 g/mol. The van der Waals surface area contributed by atoms with E-state index in [1.807, 2.05) is 27.7 Å². The Morgan fingerprint density at radius 2 is 1.68 bits per heavy atom. The van der Waals surface area contributed by atoms with Gasteiger partial charge in [-0.25, -0.2) is 9.97 Å². The van der Waals surface area contributed by atoms with Crippen LogP contribution in [0.3, 0.4) is 0 Å². The van der Waals surface area contributed by atoms with Crippen LogP contribution in [0, 0.1) is 0 Å². The molecule has 0 unspecified atom stereocenters. The van der Waals surface area contributed by atoms with E-state index >= 15 is 0 Å². The van der Waals surface area contributed by atoms with E-state index in [1.54, 1.807) is 26.2 Å². The third-order valence-corrected chi connectivity index (χ3v) is 3.92. The molecular weight excluding hydrogens is 283 g/mol. The molecule has 1 fully saturated rings. The zero-order chi connectivity index (χ0) is 16.5. The molecule has 0 atom stereocenters. The van der Waals surface area contributed by atoms with Gasteiger partial charge in [-0.2, -0.15) is 0 Å². The van der Waals surface area contributed by atoms with Crippen molar-refractivity contribution >= 4 is 18.6 Å². The number of ether oxygens (including phenoxy) is 1. The summed E-state index contributed by atoms with van der Waals surface area (Å²) in [5, 5.41) is 0. The predicted octanol–water partition coefficient (Wildman–Crippen LogP) is 1.27. The van der Waals surface area contributed by atoms with Gasteiger partial charge < -0.3 is 14.0 Å². The lowest BCUT2D eigenvalue weighted by Gasteiger charge is -2.32.